The summed E-state index contributed by atoms with van der Waals surface area (Å²) in [6.45, 7) is 0. The lowest BCUT2D eigenvalue weighted by Crippen LogP contribution is -2.07. The van der Waals surface area contributed by atoms with E-state index in [4.69, 9.17) is 29.8 Å². The molecule has 3 N–H and O–H groups in total. The van der Waals surface area contributed by atoms with Crippen molar-refractivity contribution >= 4 is 67.5 Å². The lowest BCUT2D eigenvalue weighted by molar-refractivity contribution is 1.12. The second kappa shape index (κ2) is 5.31. The van der Waals surface area contributed by atoms with Gasteiger partial charge in [-0.25, -0.2) is 0 Å². The van der Waals surface area contributed by atoms with Gasteiger partial charge in [-0.15, -0.1) is 11.3 Å². The number of H-pyrrole nitrogens is 2. The first-order valence-electron chi connectivity index (χ1n) is 6.51. The molecule has 23 heavy (non-hydrogen) atoms. The highest BCUT2D eigenvalue weighted by atomic mass is 32.1. The predicted molar refractivity (Wildman–Crippen MR) is 99.0 cm³/mol. The zero-order valence-electron chi connectivity index (χ0n) is 11.4. The Morgan fingerprint density at radius 2 is 1.83 bits per heavy atom. The van der Waals surface area contributed by atoms with Crippen molar-refractivity contribution in [2.75, 3.05) is 0 Å². The van der Waals surface area contributed by atoms with Gasteiger partial charge in [0.2, 0.25) is 0 Å². The normalized spacial score (nSPS) is 11.3. The Morgan fingerprint density at radius 3 is 2.57 bits per heavy atom. The van der Waals surface area contributed by atoms with Crippen molar-refractivity contribution in [2.24, 2.45) is 0 Å². The number of para-hydroxylation sites is 1. The molecule has 1 aromatic carbocycles. The van der Waals surface area contributed by atoms with Crippen molar-refractivity contribution in [3.8, 4) is 5.69 Å². The van der Waals surface area contributed by atoms with Crippen molar-refractivity contribution in [1.82, 2.24) is 14.5 Å². The van der Waals surface area contributed by atoms with Crippen LogP contribution in [0.5, 0.6) is 0 Å². The molecular formula is C14H8N4OS4. The van der Waals surface area contributed by atoms with Gasteiger partial charge in [0.1, 0.15) is 14.2 Å². The molecule has 0 fully saturated rings. The molecule has 114 valence electrons. The summed E-state index contributed by atoms with van der Waals surface area (Å²) in [4.78, 5) is 18.5. The largest absolute Gasteiger partial charge is 0.330 e. The van der Waals surface area contributed by atoms with Gasteiger partial charge >= 0.3 is 0 Å². The average Bonchev–Trinajstić information content (AvgIpc) is 2.88. The quantitative estimate of drug-likeness (QED) is 0.442. The van der Waals surface area contributed by atoms with Gasteiger partial charge in [-0.05, 0) is 36.6 Å². The van der Waals surface area contributed by atoms with Crippen molar-refractivity contribution in [3.05, 3.63) is 54.1 Å². The highest BCUT2D eigenvalue weighted by Gasteiger charge is 2.15. The Labute approximate surface area is 147 Å². The predicted octanol–water partition coefficient (Wildman–Crippen LogP) is 3.86. The van der Waals surface area contributed by atoms with E-state index in [0.717, 1.165) is 10.5 Å². The summed E-state index contributed by atoms with van der Waals surface area (Å²) in [7, 11) is 0. The number of benzene rings is 1. The van der Waals surface area contributed by atoms with Gasteiger partial charge in [0.15, 0.2) is 8.73 Å². The molecular weight excluding hydrogens is 368 g/mol. The molecule has 5 nitrogen and oxygen atoms in total. The summed E-state index contributed by atoms with van der Waals surface area (Å²) in [5.41, 5.74) is 1.25. The third-order valence-corrected chi connectivity index (χ3v) is 5.95. The van der Waals surface area contributed by atoms with E-state index in [0.29, 0.717) is 24.2 Å². The summed E-state index contributed by atoms with van der Waals surface area (Å²) < 4.78 is 3.55. The zero-order valence-corrected chi connectivity index (χ0v) is 14.6. The maximum absolute atomic E-state index is 12.2. The van der Waals surface area contributed by atoms with E-state index in [9.17, 15) is 4.79 Å². The smallest absolute Gasteiger partial charge is 0.269 e. The molecule has 3 heterocycles. The highest BCUT2D eigenvalue weighted by molar-refractivity contribution is 7.73. The second-order valence-corrected chi connectivity index (χ2v) is 7.81. The van der Waals surface area contributed by atoms with E-state index in [1.807, 2.05) is 34.9 Å². The van der Waals surface area contributed by atoms with E-state index < -0.39 is 0 Å². The molecule has 0 saturated heterocycles. The average molecular weight is 377 g/mol. The van der Waals surface area contributed by atoms with Crippen LogP contribution in [0.15, 0.2) is 35.1 Å². The van der Waals surface area contributed by atoms with Crippen LogP contribution in [0.2, 0.25) is 0 Å². The Bertz CT molecular complexity index is 1290. The fourth-order valence-electron chi connectivity index (χ4n) is 2.44. The molecule has 0 bridgehead atoms. The van der Waals surface area contributed by atoms with Crippen molar-refractivity contribution in [2.45, 2.75) is 0 Å². The Balaban J connectivity index is 2.33. The SMILES string of the molecule is N=c1sc(=S)n(-c2ccccc2)c2sc3c(=O)[nH]c(=S)[nH]c3c12. The summed E-state index contributed by atoms with van der Waals surface area (Å²) in [6.07, 6.45) is 0. The topological polar surface area (TPSA) is 77.4 Å². The Kier molecular flexibility index (Phi) is 3.38. The highest BCUT2D eigenvalue weighted by Crippen LogP contribution is 2.30. The number of thiophene rings is 1. The van der Waals surface area contributed by atoms with Crippen LogP contribution >= 0.6 is 47.1 Å². The minimum absolute atomic E-state index is 0.250. The number of fused-ring (bicyclic) bond motifs is 3. The van der Waals surface area contributed by atoms with Crippen LogP contribution in [-0.2, 0) is 0 Å². The summed E-state index contributed by atoms with van der Waals surface area (Å²) >= 11 is 13.0. The van der Waals surface area contributed by atoms with Crippen molar-refractivity contribution < 1.29 is 0 Å². The monoisotopic (exact) mass is 376 g/mol. The van der Waals surface area contributed by atoms with E-state index in [1.165, 1.54) is 22.7 Å². The molecule has 4 rings (SSSR count). The van der Waals surface area contributed by atoms with Crippen LogP contribution in [0.3, 0.4) is 0 Å². The minimum atomic E-state index is -0.250. The molecule has 0 amide bonds. The van der Waals surface area contributed by atoms with Gasteiger partial charge in [0.05, 0.1) is 10.9 Å². The summed E-state index contributed by atoms with van der Waals surface area (Å²) in [6, 6.07) is 9.68. The van der Waals surface area contributed by atoms with E-state index in [-0.39, 0.29) is 10.3 Å². The molecule has 0 saturated carbocycles. The fraction of sp³-hybridized carbons (Fsp3) is 0. The van der Waals surface area contributed by atoms with Crippen LogP contribution in [0.25, 0.3) is 26.1 Å². The van der Waals surface area contributed by atoms with Gasteiger partial charge in [-0.2, -0.15) is 0 Å². The molecule has 9 heteroatoms. The molecule has 4 aromatic rings. The molecule has 0 unspecified atom stereocenters. The molecule has 0 radical (unpaired) electrons. The van der Waals surface area contributed by atoms with Gasteiger partial charge in [-0.3, -0.25) is 19.8 Å². The Morgan fingerprint density at radius 1 is 1.09 bits per heavy atom. The number of hydrogen-bond donors (Lipinski definition) is 3. The maximum atomic E-state index is 12.2. The van der Waals surface area contributed by atoms with Crippen LogP contribution in [0.1, 0.15) is 0 Å². The fourth-order valence-corrected chi connectivity index (χ4v) is 5.21. The summed E-state index contributed by atoms with van der Waals surface area (Å²) in [5.74, 6) is 0. The first kappa shape index (κ1) is 14.6. The van der Waals surface area contributed by atoms with E-state index in [2.05, 4.69) is 9.97 Å². The first-order valence-corrected chi connectivity index (χ1v) is 8.96. The molecule has 0 aliphatic carbocycles. The molecule has 0 spiro atoms. The number of aromatic nitrogens is 3. The second-order valence-electron chi connectivity index (χ2n) is 4.76. The Hall–Kier alpha value is -1.94. The van der Waals surface area contributed by atoms with Crippen LogP contribution in [-0.4, -0.2) is 14.5 Å². The zero-order chi connectivity index (χ0) is 16.1. The number of hydrogen-bond acceptors (Lipinski definition) is 6. The lowest BCUT2D eigenvalue weighted by atomic mass is 10.3. The number of rotatable bonds is 1. The van der Waals surface area contributed by atoms with Crippen LogP contribution in [0, 0.1) is 14.1 Å². The molecule has 0 atom stereocenters. The van der Waals surface area contributed by atoms with Crippen LogP contribution in [0.4, 0.5) is 0 Å². The van der Waals surface area contributed by atoms with Crippen molar-refractivity contribution in [1.29, 1.82) is 5.41 Å². The molecule has 0 aliphatic rings. The van der Waals surface area contributed by atoms with Gasteiger partial charge in [0, 0.05) is 5.69 Å². The number of nitrogens with one attached hydrogen (secondary N) is 3. The summed E-state index contributed by atoms with van der Waals surface area (Å²) in [5, 5.41) is 8.95. The minimum Gasteiger partial charge on any atom is -0.330 e. The standard InChI is InChI=1S/C14H8N4OS4/c15-10-7-8-9(11(19)17-13(20)16-8)22-12(7)18(14(21)23-10)6-4-2-1-3-5-6/h1-5,15H,(H2,16,17,19,20). The van der Waals surface area contributed by atoms with Gasteiger partial charge < -0.3 is 4.98 Å². The van der Waals surface area contributed by atoms with Crippen LogP contribution < -0.4 is 10.2 Å². The lowest BCUT2D eigenvalue weighted by Gasteiger charge is -2.07. The maximum Gasteiger partial charge on any atom is 0.269 e. The third kappa shape index (κ3) is 2.24. The third-order valence-electron chi connectivity index (χ3n) is 3.38. The van der Waals surface area contributed by atoms with Crippen molar-refractivity contribution in [3.63, 3.8) is 0 Å². The number of aromatic amines is 2. The van der Waals surface area contributed by atoms with E-state index in [1.54, 1.807) is 0 Å². The van der Waals surface area contributed by atoms with Gasteiger partial charge in [0.25, 0.3) is 5.56 Å². The van der Waals surface area contributed by atoms with E-state index >= 15 is 0 Å². The number of nitrogens with zero attached hydrogens (tertiary/aromatic N) is 1. The molecule has 0 aliphatic heterocycles. The molecule has 3 aromatic heterocycles. The first-order chi connectivity index (χ1) is 11.1. The van der Waals surface area contributed by atoms with Gasteiger partial charge in [-0.1, -0.05) is 29.5 Å².